The number of H-pyrrole nitrogens is 1. The predicted molar refractivity (Wildman–Crippen MR) is 72.1 cm³/mol. The molecule has 4 nitrogen and oxygen atoms in total. The highest BCUT2D eigenvalue weighted by atomic mass is 19.3. The van der Waals surface area contributed by atoms with Gasteiger partial charge >= 0.3 is 6.61 Å². The minimum absolute atomic E-state index is 0.0110. The Morgan fingerprint density at radius 1 is 1.36 bits per heavy atom. The molecule has 0 radical (unpaired) electrons. The normalized spacial score (nSPS) is 17.5. The number of halogens is 3. The molecule has 7 heteroatoms. The summed E-state index contributed by atoms with van der Waals surface area (Å²) >= 11 is 0. The summed E-state index contributed by atoms with van der Waals surface area (Å²) in [7, 11) is 0. The smallest absolute Gasteiger partial charge is 0.387 e. The number of nitrogens with zero attached hydrogens (tertiary/aromatic N) is 1. The lowest BCUT2D eigenvalue weighted by molar-refractivity contribution is -0.0524. The number of nitrogens with one attached hydrogen (secondary N) is 1. The summed E-state index contributed by atoms with van der Waals surface area (Å²) < 4.78 is 48.3. The lowest BCUT2D eigenvalue weighted by Gasteiger charge is -2.22. The molecule has 1 aliphatic rings. The molecular formula is C15H15F3N2O2. The zero-order chi connectivity index (χ0) is 15.5. The van der Waals surface area contributed by atoms with Gasteiger partial charge in [0.05, 0.1) is 24.6 Å². The van der Waals surface area contributed by atoms with Gasteiger partial charge in [-0.25, -0.2) is 4.39 Å². The molecule has 1 heterocycles. The molecule has 1 N–H and O–H groups in total. The molecule has 0 saturated heterocycles. The summed E-state index contributed by atoms with van der Waals surface area (Å²) in [6, 6.07) is 3.41. The molecule has 0 spiro atoms. The molecule has 1 aromatic carbocycles. The van der Waals surface area contributed by atoms with E-state index in [1.54, 1.807) is 6.20 Å². The van der Waals surface area contributed by atoms with E-state index in [1.807, 2.05) is 0 Å². The first kappa shape index (κ1) is 14.9. The number of hydrogen-bond donors (Lipinski definition) is 1. The minimum atomic E-state index is -2.96. The van der Waals surface area contributed by atoms with E-state index in [1.165, 1.54) is 6.07 Å². The molecule has 0 saturated carbocycles. The van der Waals surface area contributed by atoms with Crippen LogP contribution in [0.2, 0.25) is 0 Å². The molecule has 1 unspecified atom stereocenters. The summed E-state index contributed by atoms with van der Waals surface area (Å²) in [6.07, 6.45) is 4.26. The van der Waals surface area contributed by atoms with Crippen LogP contribution in [-0.2, 0) is 17.8 Å². The Kier molecular flexibility index (Phi) is 4.33. The number of rotatable bonds is 5. The van der Waals surface area contributed by atoms with Crippen LogP contribution >= 0.6 is 0 Å². The molecule has 0 bridgehead atoms. The number of fused-ring (bicyclic) bond motifs is 1. The van der Waals surface area contributed by atoms with E-state index < -0.39 is 12.4 Å². The average molecular weight is 312 g/mol. The first-order valence-corrected chi connectivity index (χ1v) is 7.00. The highest BCUT2D eigenvalue weighted by Crippen LogP contribution is 2.32. The van der Waals surface area contributed by atoms with E-state index in [-0.39, 0.29) is 24.0 Å². The lowest BCUT2D eigenvalue weighted by atomic mass is 9.96. The molecule has 22 heavy (non-hydrogen) atoms. The Hall–Kier alpha value is -2.02. The van der Waals surface area contributed by atoms with Gasteiger partial charge in [-0.15, -0.1) is 0 Å². The van der Waals surface area contributed by atoms with Crippen molar-refractivity contribution in [3.8, 4) is 5.75 Å². The standard InChI is InChI=1S/C15H15F3N2O2/c16-11-4-5-12(22-15(17)18)10(6-11)8-21-13-3-1-2-9-7-19-20-14(9)13/h4-7,13,15H,1-3,8H2,(H,19,20). The minimum Gasteiger partial charge on any atom is -0.434 e. The van der Waals surface area contributed by atoms with Crippen molar-refractivity contribution in [1.29, 1.82) is 0 Å². The monoisotopic (exact) mass is 312 g/mol. The first-order chi connectivity index (χ1) is 10.6. The Balaban J connectivity index is 1.73. The fraction of sp³-hybridized carbons (Fsp3) is 0.400. The van der Waals surface area contributed by atoms with Gasteiger partial charge in [-0.05, 0) is 43.0 Å². The van der Waals surface area contributed by atoms with Crippen LogP contribution in [0.3, 0.4) is 0 Å². The summed E-state index contributed by atoms with van der Waals surface area (Å²) in [5.74, 6) is -0.594. The van der Waals surface area contributed by atoms with Gasteiger partial charge < -0.3 is 9.47 Å². The summed E-state index contributed by atoms with van der Waals surface area (Å²) in [6.45, 7) is -2.97. The van der Waals surface area contributed by atoms with Gasteiger partial charge in [-0.2, -0.15) is 13.9 Å². The molecule has 0 amide bonds. The van der Waals surface area contributed by atoms with Crippen LogP contribution in [0.15, 0.2) is 24.4 Å². The third-order valence-electron chi connectivity index (χ3n) is 3.66. The fourth-order valence-corrected chi connectivity index (χ4v) is 2.65. The van der Waals surface area contributed by atoms with E-state index in [9.17, 15) is 13.2 Å². The van der Waals surface area contributed by atoms with Gasteiger partial charge in [0.2, 0.25) is 0 Å². The van der Waals surface area contributed by atoms with Gasteiger partial charge in [0.25, 0.3) is 0 Å². The van der Waals surface area contributed by atoms with Gasteiger partial charge in [-0.3, -0.25) is 5.10 Å². The lowest BCUT2D eigenvalue weighted by Crippen LogP contribution is -2.13. The number of ether oxygens (including phenoxy) is 2. The SMILES string of the molecule is Fc1ccc(OC(F)F)c(COC2CCCc3cn[nH]c32)c1. The van der Waals surface area contributed by atoms with E-state index in [0.717, 1.165) is 42.7 Å². The highest BCUT2D eigenvalue weighted by Gasteiger charge is 2.23. The van der Waals surface area contributed by atoms with Crippen molar-refractivity contribution < 1.29 is 22.6 Å². The van der Waals surface area contributed by atoms with Crippen LogP contribution in [0.4, 0.5) is 13.2 Å². The van der Waals surface area contributed by atoms with Crippen molar-refractivity contribution in [2.75, 3.05) is 0 Å². The van der Waals surface area contributed by atoms with Crippen molar-refractivity contribution >= 4 is 0 Å². The van der Waals surface area contributed by atoms with Gasteiger partial charge in [-0.1, -0.05) is 0 Å². The average Bonchev–Trinajstić information content (AvgIpc) is 2.96. The maximum absolute atomic E-state index is 13.3. The van der Waals surface area contributed by atoms with E-state index in [2.05, 4.69) is 14.9 Å². The maximum atomic E-state index is 13.3. The molecule has 1 aromatic heterocycles. The van der Waals surface area contributed by atoms with Crippen LogP contribution in [0.25, 0.3) is 0 Å². The number of aryl methyl sites for hydroxylation is 1. The van der Waals surface area contributed by atoms with Crippen LogP contribution in [0.5, 0.6) is 5.75 Å². The Morgan fingerprint density at radius 2 is 2.23 bits per heavy atom. The Morgan fingerprint density at radius 3 is 3.05 bits per heavy atom. The fourth-order valence-electron chi connectivity index (χ4n) is 2.65. The third kappa shape index (κ3) is 3.24. The van der Waals surface area contributed by atoms with Crippen molar-refractivity contribution in [3.63, 3.8) is 0 Å². The van der Waals surface area contributed by atoms with Crippen LogP contribution < -0.4 is 4.74 Å². The number of hydrogen-bond acceptors (Lipinski definition) is 3. The number of aromatic nitrogens is 2. The molecule has 1 aliphatic carbocycles. The highest BCUT2D eigenvalue weighted by molar-refractivity contribution is 5.33. The molecular weight excluding hydrogens is 297 g/mol. The van der Waals surface area contributed by atoms with Crippen LogP contribution in [0, 0.1) is 5.82 Å². The largest absolute Gasteiger partial charge is 0.434 e. The van der Waals surface area contributed by atoms with E-state index in [4.69, 9.17) is 4.74 Å². The molecule has 2 aromatic rings. The molecule has 0 aliphatic heterocycles. The van der Waals surface area contributed by atoms with Crippen molar-refractivity contribution in [2.45, 2.75) is 38.6 Å². The van der Waals surface area contributed by atoms with Crippen LogP contribution in [0.1, 0.15) is 35.8 Å². The predicted octanol–water partition coefficient (Wildman–Crippen LogP) is 3.74. The van der Waals surface area contributed by atoms with Crippen LogP contribution in [-0.4, -0.2) is 16.8 Å². The van der Waals surface area contributed by atoms with Gasteiger partial charge in [0, 0.05) is 5.56 Å². The summed E-state index contributed by atoms with van der Waals surface area (Å²) in [5, 5.41) is 6.89. The zero-order valence-electron chi connectivity index (χ0n) is 11.7. The third-order valence-corrected chi connectivity index (χ3v) is 3.66. The number of aromatic amines is 1. The number of alkyl halides is 2. The first-order valence-electron chi connectivity index (χ1n) is 7.00. The summed E-state index contributed by atoms with van der Waals surface area (Å²) in [5.41, 5.74) is 2.26. The van der Waals surface area contributed by atoms with E-state index in [0.29, 0.717) is 0 Å². The zero-order valence-corrected chi connectivity index (χ0v) is 11.7. The summed E-state index contributed by atoms with van der Waals surface area (Å²) in [4.78, 5) is 0. The van der Waals surface area contributed by atoms with Crippen molar-refractivity contribution in [2.24, 2.45) is 0 Å². The second kappa shape index (κ2) is 6.39. The molecule has 0 fully saturated rings. The Bertz CT molecular complexity index is 645. The van der Waals surface area contributed by atoms with Gasteiger partial charge in [0.15, 0.2) is 0 Å². The molecule has 1 atom stereocenters. The van der Waals surface area contributed by atoms with Crippen molar-refractivity contribution in [1.82, 2.24) is 10.2 Å². The Labute approximate surface area is 125 Å². The molecule has 3 rings (SSSR count). The topological polar surface area (TPSA) is 47.1 Å². The molecule has 118 valence electrons. The maximum Gasteiger partial charge on any atom is 0.387 e. The second-order valence-corrected chi connectivity index (χ2v) is 5.13. The van der Waals surface area contributed by atoms with Crippen molar-refractivity contribution in [3.05, 3.63) is 47.0 Å². The van der Waals surface area contributed by atoms with Gasteiger partial charge in [0.1, 0.15) is 11.6 Å². The number of benzene rings is 1. The second-order valence-electron chi connectivity index (χ2n) is 5.13. The van der Waals surface area contributed by atoms with E-state index >= 15 is 0 Å². The quantitative estimate of drug-likeness (QED) is 0.915.